The molecule has 0 radical (unpaired) electrons. The number of aromatic nitrogens is 2. The number of rotatable bonds is 5. The Hall–Kier alpha value is -1.86. The van der Waals surface area contributed by atoms with Crippen molar-refractivity contribution >= 4 is 15.7 Å². The molecule has 2 rings (SSSR count). The van der Waals surface area contributed by atoms with Gasteiger partial charge in [-0.2, -0.15) is 5.10 Å². The van der Waals surface area contributed by atoms with E-state index in [-0.39, 0.29) is 10.9 Å². The Labute approximate surface area is 118 Å². The standard InChI is InChI=1S/C13H18N4O2S/c1-10(16-12-8-15-17(3)9-12)11-4-6-13(7-5-11)20(18,19)14-2/h4-10,14,16H,1-3H3/t10-/m1/s1. The lowest BCUT2D eigenvalue weighted by atomic mass is 10.1. The molecule has 0 amide bonds. The number of nitrogens with one attached hydrogen (secondary N) is 2. The summed E-state index contributed by atoms with van der Waals surface area (Å²) in [6.45, 7) is 2.01. The van der Waals surface area contributed by atoms with Gasteiger partial charge in [-0.25, -0.2) is 13.1 Å². The molecule has 0 aliphatic carbocycles. The predicted molar refractivity (Wildman–Crippen MR) is 77.9 cm³/mol. The van der Waals surface area contributed by atoms with Gasteiger partial charge in [-0.1, -0.05) is 12.1 Å². The van der Waals surface area contributed by atoms with Gasteiger partial charge in [-0.3, -0.25) is 4.68 Å². The van der Waals surface area contributed by atoms with Gasteiger partial charge in [0.1, 0.15) is 0 Å². The Kier molecular flexibility index (Phi) is 4.10. The molecule has 2 N–H and O–H groups in total. The van der Waals surface area contributed by atoms with Crippen LogP contribution in [0.5, 0.6) is 0 Å². The van der Waals surface area contributed by atoms with Crippen molar-refractivity contribution in [3.63, 3.8) is 0 Å². The van der Waals surface area contributed by atoms with Gasteiger partial charge >= 0.3 is 0 Å². The molecule has 0 aliphatic rings. The molecule has 6 nitrogen and oxygen atoms in total. The Morgan fingerprint density at radius 1 is 1.25 bits per heavy atom. The van der Waals surface area contributed by atoms with E-state index in [0.717, 1.165) is 11.3 Å². The maximum absolute atomic E-state index is 11.6. The van der Waals surface area contributed by atoms with Gasteiger partial charge in [0.25, 0.3) is 0 Å². The Bertz CT molecular complexity index is 677. The summed E-state index contributed by atoms with van der Waals surface area (Å²) in [5.41, 5.74) is 1.93. The highest BCUT2D eigenvalue weighted by atomic mass is 32.2. The second-order valence-electron chi connectivity index (χ2n) is 4.55. The van der Waals surface area contributed by atoms with E-state index >= 15 is 0 Å². The second-order valence-corrected chi connectivity index (χ2v) is 6.43. The minimum Gasteiger partial charge on any atom is -0.376 e. The van der Waals surface area contributed by atoms with Crippen LogP contribution < -0.4 is 10.0 Å². The molecular formula is C13H18N4O2S. The molecule has 0 aliphatic heterocycles. The highest BCUT2D eigenvalue weighted by molar-refractivity contribution is 7.89. The average molecular weight is 294 g/mol. The molecule has 1 aromatic heterocycles. The molecule has 0 bridgehead atoms. The number of benzene rings is 1. The number of hydrogen-bond donors (Lipinski definition) is 2. The van der Waals surface area contributed by atoms with Gasteiger partial charge in [-0.15, -0.1) is 0 Å². The summed E-state index contributed by atoms with van der Waals surface area (Å²) in [5.74, 6) is 0. The normalized spacial score (nSPS) is 13.2. The molecule has 0 fully saturated rings. The Balaban J connectivity index is 2.13. The predicted octanol–water partition coefficient (Wildman–Crippen LogP) is 1.50. The first-order chi connectivity index (χ1) is 9.42. The summed E-state index contributed by atoms with van der Waals surface area (Å²) < 4.78 is 27.3. The zero-order chi connectivity index (χ0) is 14.8. The summed E-state index contributed by atoms with van der Waals surface area (Å²) in [4.78, 5) is 0.261. The van der Waals surface area contributed by atoms with E-state index in [1.807, 2.05) is 20.2 Å². The van der Waals surface area contributed by atoms with Crippen LogP contribution in [-0.4, -0.2) is 25.2 Å². The third-order valence-corrected chi connectivity index (χ3v) is 4.48. The molecular weight excluding hydrogens is 276 g/mol. The van der Waals surface area contributed by atoms with E-state index in [4.69, 9.17) is 0 Å². The Morgan fingerprint density at radius 3 is 2.40 bits per heavy atom. The van der Waals surface area contributed by atoms with Crippen molar-refractivity contribution in [1.82, 2.24) is 14.5 Å². The molecule has 108 valence electrons. The van der Waals surface area contributed by atoms with E-state index in [2.05, 4.69) is 15.1 Å². The van der Waals surface area contributed by atoms with Crippen molar-refractivity contribution in [3.8, 4) is 0 Å². The fraction of sp³-hybridized carbons (Fsp3) is 0.308. The van der Waals surface area contributed by atoms with E-state index in [1.54, 1.807) is 35.1 Å². The monoisotopic (exact) mass is 294 g/mol. The van der Waals surface area contributed by atoms with Crippen LogP contribution in [-0.2, 0) is 17.1 Å². The van der Waals surface area contributed by atoms with E-state index < -0.39 is 10.0 Å². The molecule has 0 saturated heterocycles. The average Bonchev–Trinajstić information content (AvgIpc) is 2.84. The van der Waals surface area contributed by atoms with Crippen molar-refractivity contribution in [2.24, 2.45) is 7.05 Å². The quantitative estimate of drug-likeness (QED) is 0.876. The van der Waals surface area contributed by atoms with Gasteiger partial charge in [0, 0.05) is 19.3 Å². The maximum Gasteiger partial charge on any atom is 0.240 e. The summed E-state index contributed by atoms with van der Waals surface area (Å²) in [6, 6.07) is 6.87. The maximum atomic E-state index is 11.6. The molecule has 2 aromatic rings. The van der Waals surface area contributed by atoms with E-state index in [1.165, 1.54) is 7.05 Å². The molecule has 20 heavy (non-hydrogen) atoms. The summed E-state index contributed by atoms with van der Waals surface area (Å²) in [6.07, 6.45) is 3.63. The molecule has 1 atom stereocenters. The number of nitrogens with zero attached hydrogens (tertiary/aromatic N) is 2. The number of anilines is 1. The first-order valence-electron chi connectivity index (χ1n) is 6.21. The van der Waals surface area contributed by atoms with Crippen molar-refractivity contribution in [3.05, 3.63) is 42.2 Å². The van der Waals surface area contributed by atoms with Crippen LogP contribution in [0.2, 0.25) is 0 Å². The number of hydrogen-bond acceptors (Lipinski definition) is 4. The van der Waals surface area contributed by atoms with Crippen molar-refractivity contribution in [2.45, 2.75) is 17.9 Å². The van der Waals surface area contributed by atoms with Crippen LogP contribution in [0.25, 0.3) is 0 Å². The molecule has 7 heteroatoms. The van der Waals surface area contributed by atoms with E-state index in [9.17, 15) is 8.42 Å². The van der Waals surface area contributed by atoms with Gasteiger partial charge in [0.2, 0.25) is 10.0 Å². The van der Waals surface area contributed by atoms with Crippen molar-refractivity contribution in [2.75, 3.05) is 12.4 Å². The summed E-state index contributed by atoms with van der Waals surface area (Å²) in [7, 11) is -0.127. The van der Waals surface area contributed by atoms with E-state index in [0.29, 0.717) is 0 Å². The minimum absolute atomic E-state index is 0.0607. The van der Waals surface area contributed by atoms with Crippen LogP contribution in [0.3, 0.4) is 0 Å². The first-order valence-corrected chi connectivity index (χ1v) is 7.69. The fourth-order valence-corrected chi connectivity index (χ4v) is 2.61. The van der Waals surface area contributed by atoms with Gasteiger partial charge in [-0.05, 0) is 31.7 Å². The van der Waals surface area contributed by atoms with Crippen molar-refractivity contribution < 1.29 is 8.42 Å². The third kappa shape index (κ3) is 3.17. The van der Waals surface area contributed by atoms with Gasteiger partial charge in [0.15, 0.2) is 0 Å². The fourth-order valence-electron chi connectivity index (χ4n) is 1.88. The van der Waals surface area contributed by atoms with Gasteiger partial charge in [0.05, 0.1) is 16.8 Å². The smallest absolute Gasteiger partial charge is 0.240 e. The lowest BCUT2D eigenvalue weighted by molar-refractivity contribution is 0.588. The summed E-state index contributed by atoms with van der Waals surface area (Å²) >= 11 is 0. The van der Waals surface area contributed by atoms with Gasteiger partial charge < -0.3 is 5.32 Å². The van der Waals surface area contributed by atoms with Crippen LogP contribution >= 0.6 is 0 Å². The Morgan fingerprint density at radius 2 is 1.90 bits per heavy atom. The molecule has 1 heterocycles. The molecule has 0 unspecified atom stereocenters. The zero-order valence-electron chi connectivity index (χ0n) is 11.7. The topological polar surface area (TPSA) is 76.0 Å². The highest BCUT2D eigenvalue weighted by Gasteiger charge is 2.12. The van der Waals surface area contributed by atoms with Crippen LogP contribution in [0.4, 0.5) is 5.69 Å². The third-order valence-electron chi connectivity index (χ3n) is 3.05. The zero-order valence-corrected chi connectivity index (χ0v) is 12.5. The first kappa shape index (κ1) is 14.5. The second kappa shape index (κ2) is 5.64. The molecule has 1 aromatic carbocycles. The minimum atomic E-state index is -3.38. The number of sulfonamides is 1. The lowest BCUT2D eigenvalue weighted by Crippen LogP contribution is -2.18. The van der Waals surface area contributed by atoms with Crippen molar-refractivity contribution in [1.29, 1.82) is 0 Å². The van der Waals surface area contributed by atoms with Crippen LogP contribution in [0.15, 0.2) is 41.6 Å². The molecule has 0 saturated carbocycles. The highest BCUT2D eigenvalue weighted by Crippen LogP contribution is 2.20. The number of aryl methyl sites for hydroxylation is 1. The lowest BCUT2D eigenvalue weighted by Gasteiger charge is -2.14. The van der Waals surface area contributed by atoms with Crippen LogP contribution in [0, 0.1) is 0 Å². The van der Waals surface area contributed by atoms with Crippen LogP contribution in [0.1, 0.15) is 18.5 Å². The SMILES string of the molecule is CNS(=O)(=O)c1ccc([C@@H](C)Nc2cnn(C)c2)cc1. The molecule has 0 spiro atoms. The largest absolute Gasteiger partial charge is 0.376 e. The summed E-state index contributed by atoms with van der Waals surface area (Å²) in [5, 5.41) is 7.39.